The van der Waals surface area contributed by atoms with Gasteiger partial charge < -0.3 is 0 Å². The minimum absolute atomic E-state index is 0.214. The average Bonchev–Trinajstić information content (AvgIpc) is 2.38. The SMILES string of the molecule is C=CCN1CCCCC1C(Cl)c1cc(F)cc(Cl)c1. The Labute approximate surface area is 124 Å². The molecule has 19 heavy (non-hydrogen) atoms. The zero-order chi connectivity index (χ0) is 13.8. The highest BCUT2D eigenvalue weighted by molar-refractivity contribution is 6.30. The van der Waals surface area contributed by atoms with E-state index in [1.54, 1.807) is 6.07 Å². The third kappa shape index (κ3) is 3.71. The van der Waals surface area contributed by atoms with E-state index in [-0.39, 0.29) is 17.2 Å². The highest BCUT2D eigenvalue weighted by Gasteiger charge is 2.29. The fraction of sp³-hybridized carbons (Fsp3) is 0.467. The summed E-state index contributed by atoms with van der Waals surface area (Å²) in [7, 11) is 0. The number of rotatable bonds is 4. The lowest BCUT2D eigenvalue weighted by molar-refractivity contribution is 0.160. The molecule has 2 atom stereocenters. The quantitative estimate of drug-likeness (QED) is 0.570. The van der Waals surface area contributed by atoms with Gasteiger partial charge in [0, 0.05) is 17.6 Å². The molecule has 0 amide bonds. The van der Waals surface area contributed by atoms with Gasteiger partial charge in [0.25, 0.3) is 0 Å². The van der Waals surface area contributed by atoms with Crippen LogP contribution in [0.4, 0.5) is 4.39 Å². The lowest BCUT2D eigenvalue weighted by Crippen LogP contribution is -2.42. The summed E-state index contributed by atoms with van der Waals surface area (Å²) in [5.41, 5.74) is 0.757. The van der Waals surface area contributed by atoms with Crippen LogP contribution in [0.3, 0.4) is 0 Å². The first-order chi connectivity index (χ1) is 9.11. The fourth-order valence-electron chi connectivity index (χ4n) is 2.70. The van der Waals surface area contributed by atoms with E-state index >= 15 is 0 Å². The molecule has 1 saturated heterocycles. The average molecular weight is 302 g/mol. The van der Waals surface area contributed by atoms with Gasteiger partial charge >= 0.3 is 0 Å². The van der Waals surface area contributed by atoms with Crippen LogP contribution in [-0.2, 0) is 0 Å². The van der Waals surface area contributed by atoms with E-state index in [1.807, 2.05) is 6.08 Å². The molecule has 0 radical (unpaired) electrons. The second kappa shape index (κ2) is 6.74. The summed E-state index contributed by atoms with van der Waals surface area (Å²) in [6.07, 6.45) is 5.25. The molecule has 2 unspecified atom stereocenters. The molecule has 1 aliphatic rings. The van der Waals surface area contributed by atoms with Gasteiger partial charge in [0.2, 0.25) is 0 Å². The molecule has 1 fully saturated rings. The van der Waals surface area contributed by atoms with Crippen LogP contribution in [0.25, 0.3) is 0 Å². The first-order valence-corrected chi connectivity index (χ1v) is 7.38. The van der Waals surface area contributed by atoms with E-state index < -0.39 is 0 Å². The van der Waals surface area contributed by atoms with E-state index in [0.717, 1.165) is 31.5 Å². The van der Waals surface area contributed by atoms with Crippen LogP contribution in [0.5, 0.6) is 0 Å². The van der Waals surface area contributed by atoms with Crippen molar-refractivity contribution in [2.24, 2.45) is 0 Å². The number of likely N-dealkylation sites (tertiary alicyclic amines) is 1. The largest absolute Gasteiger partial charge is 0.295 e. The van der Waals surface area contributed by atoms with Crippen LogP contribution in [0.2, 0.25) is 5.02 Å². The van der Waals surface area contributed by atoms with Crippen molar-refractivity contribution in [2.45, 2.75) is 30.7 Å². The zero-order valence-electron chi connectivity index (χ0n) is 10.8. The summed E-state index contributed by atoms with van der Waals surface area (Å²) < 4.78 is 13.4. The van der Waals surface area contributed by atoms with Gasteiger partial charge in [-0.05, 0) is 43.1 Å². The molecule has 1 aromatic rings. The first-order valence-electron chi connectivity index (χ1n) is 6.57. The molecule has 0 aliphatic carbocycles. The smallest absolute Gasteiger partial charge is 0.125 e. The van der Waals surface area contributed by atoms with Gasteiger partial charge in [-0.2, -0.15) is 0 Å². The van der Waals surface area contributed by atoms with Crippen LogP contribution < -0.4 is 0 Å². The predicted molar refractivity (Wildman–Crippen MR) is 79.4 cm³/mol. The Hall–Kier alpha value is -0.570. The van der Waals surface area contributed by atoms with Crippen molar-refractivity contribution < 1.29 is 4.39 Å². The molecule has 1 heterocycles. The van der Waals surface area contributed by atoms with Crippen LogP contribution in [-0.4, -0.2) is 24.0 Å². The molecule has 0 saturated carbocycles. The molecule has 0 bridgehead atoms. The zero-order valence-corrected chi connectivity index (χ0v) is 12.3. The number of alkyl halides is 1. The Balaban J connectivity index is 2.20. The van der Waals surface area contributed by atoms with Gasteiger partial charge in [0.1, 0.15) is 5.82 Å². The van der Waals surface area contributed by atoms with E-state index in [0.29, 0.717) is 5.02 Å². The minimum Gasteiger partial charge on any atom is -0.295 e. The predicted octanol–water partition coefficient (Wildman–Crippen LogP) is 4.80. The number of hydrogen-bond acceptors (Lipinski definition) is 1. The molecule has 1 nitrogen and oxygen atoms in total. The Morgan fingerprint density at radius 1 is 1.42 bits per heavy atom. The highest BCUT2D eigenvalue weighted by atomic mass is 35.5. The van der Waals surface area contributed by atoms with Crippen molar-refractivity contribution >= 4 is 23.2 Å². The first kappa shape index (κ1) is 14.8. The number of piperidine rings is 1. The standard InChI is InChI=1S/C15H18Cl2FN/c1-2-6-19-7-4-3-5-14(19)15(17)11-8-12(16)10-13(18)9-11/h2,8-10,14-15H,1,3-7H2. The number of nitrogens with zero attached hydrogens (tertiary/aromatic N) is 1. The van der Waals surface area contributed by atoms with E-state index in [9.17, 15) is 4.39 Å². The second-order valence-electron chi connectivity index (χ2n) is 4.95. The van der Waals surface area contributed by atoms with Crippen molar-refractivity contribution in [1.82, 2.24) is 4.90 Å². The highest BCUT2D eigenvalue weighted by Crippen LogP contribution is 2.34. The maximum atomic E-state index is 13.4. The maximum Gasteiger partial charge on any atom is 0.125 e. The summed E-state index contributed by atoms with van der Waals surface area (Å²) in [4.78, 5) is 2.31. The normalized spacial score (nSPS) is 22.2. The van der Waals surface area contributed by atoms with Crippen molar-refractivity contribution in [1.29, 1.82) is 0 Å². The van der Waals surface area contributed by atoms with E-state index in [1.165, 1.54) is 18.6 Å². The van der Waals surface area contributed by atoms with E-state index in [4.69, 9.17) is 23.2 Å². The summed E-state index contributed by atoms with van der Waals surface area (Å²) in [5.74, 6) is -0.334. The summed E-state index contributed by atoms with van der Waals surface area (Å²) in [6, 6.07) is 4.75. The third-order valence-corrected chi connectivity index (χ3v) is 4.33. The molecular formula is C15H18Cl2FN. The van der Waals surface area contributed by atoms with Gasteiger partial charge in [-0.25, -0.2) is 4.39 Å². The Kier molecular flexibility index (Phi) is 5.26. The van der Waals surface area contributed by atoms with Crippen molar-refractivity contribution in [3.63, 3.8) is 0 Å². The van der Waals surface area contributed by atoms with Crippen molar-refractivity contribution in [3.8, 4) is 0 Å². The van der Waals surface area contributed by atoms with Crippen molar-refractivity contribution in [2.75, 3.05) is 13.1 Å². The Morgan fingerprint density at radius 2 is 2.21 bits per heavy atom. The van der Waals surface area contributed by atoms with Crippen molar-refractivity contribution in [3.05, 3.63) is 47.3 Å². The molecular weight excluding hydrogens is 284 g/mol. The topological polar surface area (TPSA) is 3.24 Å². The van der Waals surface area contributed by atoms with Gasteiger partial charge in [-0.3, -0.25) is 4.90 Å². The fourth-order valence-corrected chi connectivity index (χ4v) is 3.34. The molecule has 104 valence electrons. The summed E-state index contributed by atoms with van der Waals surface area (Å²) in [6.45, 7) is 5.62. The lowest BCUT2D eigenvalue weighted by Gasteiger charge is -2.37. The minimum atomic E-state index is -0.334. The Bertz CT molecular complexity index is 430. The molecule has 0 N–H and O–H groups in total. The Morgan fingerprint density at radius 3 is 2.89 bits per heavy atom. The van der Waals surface area contributed by atoms with Crippen LogP contribution >= 0.6 is 23.2 Å². The molecule has 1 aliphatic heterocycles. The molecule has 1 aromatic carbocycles. The van der Waals surface area contributed by atoms with Gasteiger partial charge in [0.05, 0.1) is 5.38 Å². The van der Waals surface area contributed by atoms with Gasteiger partial charge in [-0.1, -0.05) is 24.1 Å². The number of hydrogen-bond donors (Lipinski definition) is 0. The molecule has 4 heteroatoms. The molecule has 0 aromatic heterocycles. The van der Waals surface area contributed by atoms with Crippen LogP contribution in [0, 0.1) is 5.82 Å². The second-order valence-corrected chi connectivity index (χ2v) is 5.86. The maximum absolute atomic E-state index is 13.4. The molecule has 0 spiro atoms. The molecule has 2 rings (SSSR count). The van der Waals surface area contributed by atoms with Gasteiger partial charge in [-0.15, -0.1) is 18.2 Å². The number of halogens is 3. The summed E-state index contributed by atoms with van der Waals surface area (Å²) in [5, 5.41) is 0.153. The lowest BCUT2D eigenvalue weighted by atomic mass is 9.95. The third-order valence-electron chi connectivity index (χ3n) is 3.57. The van der Waals surface area contributed by atoms with Crippen LogP contribution in [0.1, 0.15) is 30.2 Å². The van der Waals surface area contributed by atoms with Crippen LogP contribution in [0.15, 0.2) is 30.9 Å². The monoisotopic (exact) mass is 301 g/mol. The van der Waals surface area contributed by atoms with E-state index in [2.05, 4.69) is 11.5 Å². The van der Waals surface area contributed by atoms with Gasteiger partial charge in [0.15, 0.2) is 0 Å². The number of benzene rings is 1. The summed E-state index contributed by atoms with van der Waals surface area (Å²) >= 11 is 12.5.